The molecular formula is C13H18O6S. The second-order valence-corrected chi connectivity index (χ2v) is 6.93. The third-order valence-corrected chi connectivity index (χ3v) is 3.95. The number of benzene rings is 1. The second kappa shape index (κ2) is 5.69. The molecular weight excluding hydrogens is 284 g/mol. The molecule has 0 bridgehead atoms. The van der Waals surface area contributed by atoms with Gasteiger partial charge in [0.1, 0.15) is 17.6 Å². The highest BCUT2D eigenvalue weighted by molar-refractivity contribution is 7.90. The molecule has 2 rings (SSSR count). The van der Waals surface area contributed by atoms with Crippen molar-refractivity contribution in [2.45, 2.75) is 11.9 Å². The fraction of sp³-hybridized carbons (Fsp3) is 0.538. The lowest BCUT2D eigenvalue weighted by molar-refractivity contribution is -0.162. The van der Waals surface area contributed by atoms with Crippen LogP contribution in [0.4, 0.5) is 0 Å². The van der Waals surface area contributed by atoms with Gasteiger partial charge in [0.05, 0.1) is 20.3 Å². The number of methoxy groups -OCH3 is 1. The van der Waals surface area contributed by atoms with Gasteiger partial charge in [-0.05, 0) is 24.3 Å². The Morgan fingerprint density at radius 1 is 1.40 bits per heavy atom. The van der Waals surface area contributed by atoms with Gasteiger partial charge < -0.3 is 19.3 Å². The Morgan fingerprint density at radius 2 is 2.05 bits per heavy atom. The highest BCUT2D eigenvalue weighted by atomic mass is 32.2. The van der Waals surface area contributed by atoms with E-state index >= 15 is 0 Å². The molecule has 112 valence electrons. The first kappa shape index (κ1) is 15.2. The van der Waals surface area contributed by atoms with Crippen LogP contribution in [0.3, 0.4) is 0 Å². The Morgan fingerprint density at radius 3 is 2.50 bits per heavy atom. The molecule has 1 aromatic rings. The number of rotatable bonds is 5. The first-order valence-electron chi connectivity index (χ1n) is 6.13. The molecule has 0 unspecified atom stereocenters. The number of sulfone groups is 1. The first-order chi connectivity index (χ1) is 9.38. The van der Waals surface area contributed by atoms with Crippen molar-refractivity contribution < 1.29 is 27.7 Å². The van der Waals surface area contributed by atoms with Crippen LogP contribution in [0, 0.1) is 0 Å². The van der Waals surface area contributed by atoms with Crippen LogP contribution in [0.15, 0.2) is 24.3 Å². The lowest BCUT2D eigenvalue weighted by atomic mass is 10.1. The van der Waals surface area contributed by atoms with Gasteiger partial charge in [-0.25, -0.2) is 8.42 Å². The van der Waals surface area contributed by atoms with E-state index in [2.05, 4.69) is 0 Å². The summed E-state index contributed by atoms with van der Waals surface area (Å²) in [7, 11) is -1.78. The fourth-order valence-corrected chi connectivity index (χ4v) is 3.16. The van der Waals surface area contributed by atoms with Gasteiger partial charge in [-0.15, -0.1) is 0 Å². The quantitative estimate of drug-likeness (QED) is 0.842. The second-order valence-electron chi connectivity index (χ2n) is 4.78. The van der Waals surface area contributed by atoms with Gasteiger partial charge in [0.25, 0.3) is 0 Å². The van der Waals surface area contributed by atoms with Crippen molar-refractivity contribution in [3.63, 3.8) is 0 Å². The molecule has 1 fully saturated rings. The maximum Gasteiger partial charge on any atom is 0.209 e. The van der Waals surface area contributed by atoms with Crippen molar-refractivity contribution in [1.29, 1.82) is 0 Å². The topological polar surface area (TPSA) is 82.1 Å². The van der Waals surface area contributed by atoms with E-state index in [9.17, 15) is 8.42 Å². The van der Waals surface area contributed by atoms with Crippen LogP contribution in [0.2, 0.25) is 0 Å². The van der Waals surface area contributed by atoms with Crippen LogP contribution >= 0.6 is 0 Å². The predicted molar refractivity (Wildman–Crippen MR) is 72.3 cm³/mol. The third-order valence-electron chi connectivity index (χ3n) is 3.05. The smallest absolute Gasteiger partial charge is 0.209 e. The molecule has 0 aromatic heterocycles. The monoisotopic (exact) mass is 302 g/mol. The summed E-state index contributed by atoms with van der Waals surface area (Å²) >= 11 is 0. The highest BCUT2D eigenvalue weighted by Gasteiger charge is 2.45. The molecule has 1 heterocycles. The fourth-order valence-electron chi connectivity index (χ4n) is 2.16. The number of hydrogen-bond donors (Lipinski definition) is 1. The minimum absolute atomic E-state index is 0.151. The summed E-state index contributed by atoms with van der Waals surface area (Å²) < 4.78 is 39.6. The molecule has 20 heavy (non-hydrogen) atoms. The lowest BCUT2D eigenvalue weighted by Gasteiger charge is -2.27. The maximum atomic E-state index is 11.6. The summed E-state index contributed by atoms with van der Waals surface area (Å²) in [4.78, 5) is 0. The van der Waals surface area contributed by atoms with Crippen LogP contribution < -0.4 is 4.74 Å². The van der Waals surface area contributed by atoms with Gasteiger partial charge >= 0.3 is 0 Å². The molecule has 1 aromatic carbocycles. The average Bonchev–Trinajstić information content (AvgIpc) is 2.81. The van der Waals surface area contributed by atoms with Crippen molar-refractivity contribution >= 4 is 9.84 Å². The van der Waals surface area contributed by atoms with E-state index in [1.807, 2.05) is 0 Å². The Kier molecular flexibility index (Phi) is 4.33. The Hall–Kier alpha value is -1.15. The summed E-state index contributed by atoms with van der Waals surface area (Å²) in [6.45, 7) is -0.0697. The Bertz CT molecular complexity index is 553. The molecule has 0 aliphatic carbocycles. The summed E-state index contributed by atoms with van der Waals surface area (Å²) in [6.07, 6.45) is 0.593. The summed E-state index contributed by atoms with van der Waals surface area (Å²) in [5.41, 5.74) is 0.583. The van der Waals surface area contributed by atoms with Gasteiger partial charge in [0.2, 0.25) is 5.79 Å². The van der Waals surface area contributed by atoms with Gasteiger partial charge in [-0.1, -0.05) is 0 Å². The molecule has 1 aliphatic heterocycles. The van der Waals surface area contributed by atoms with E-state index in [0.717, 1.165) is 6.26 Å². The number of aliphatic hydroxyl groups is 1. The van der Waals surface area contributed by atoms with Crippen LogP contribution in [0.25, 0.3) is 0 Å². The van der Waals surface area contributed by atoms with Crippen molar-refractivity contribution in [3.8, 4) is 5.75 Å². The van der Waals surface area contributed by atoms with E-state index < -0.39 is 21.7 Å². The molecule has 6 nitrogen and oxygen atoms in total. The summed E-state index contributed by atoms with van der Waals surface area (Å²) in [5.74, 6) is -1.02. The minimum Gasteiger partial charge on any atom is -0.497 e. The lowest BCUT2D eigenvalue weighted by Crippen LogP contribution is -2.36. The molecule has 0 amide bonds. The summed E-state index contributed by atoms with van der Waals surface area (Å²) in [6, 6.07) is 6.81. The minimum atomic E-state index is -3.32. The van der Waals surface area contributed by atoms with Crippen molar-refractivity contribution in [2.75, 3.05) is 32.3 Å². The molecule has 1 aliphatic rings. The standard InChI is InChI=1S/C13H18O6S/c1-17-11-5-3-10(4-6-11)13(9-20(2,15)16)18-8-12(7-14)19-13/h3-6,12,14H,7-9H2,1-2H3/t12-,13-/m1/s1. The van der Waals surface area contributed by atoms with E-state index in [4.69, 9.17) is 19.3 Å². The molecule has 0 saturated carbocycles. The number of ether oxygens (including phenoxy) is 3. The van der Waals surface area contributed by atoms with E-state index in [0.29, 0.717) is 11.3 Å². The van der Waals surface area contributed by atoms with Crippen LogP contribution in [0.1, 0.15) is 5.56 Å². The number of aliphatic hydroxyl groups excluding tert-OH is 1. The maximum absolute atomic E-state index is 11.6. The van der Waals surface area contributed by atoms with E-state index in [1.54, 1.807) is 31.4 Å². The van der Waals surface area contributed by atoms with Gasteiger partial charge in [-0.2, -0.15) is 0 Å². The zero-order chi connectivity index (χ0) is 14.8. The van der Waals surface area contributed by atoms with Crippen molar-refractivity contribution in [1.82, 2.24) is 0 Å². The van der Waals surface area contributed by atoms with Crippen molar-refractivity contribution in [2.24, 2.45) is 0 Å². The number of hydrogen-bond acceptors (Lipinski definition) is 6. The highest BCUT2D eigenvalue weighted by Crippen LogP contribution is 2.36. The molecule has 0 radical (unpaired) electrons. The van der Waals surface area contributed by atoms with E-state index in [1.165, 1.54) is 0 Å². The van der Waals surface area contributed by atoms with Crippen molar-refractivity contribution in [3.05, 3.63) is 29.8 Å². The largest absolute Gasteiger partial charge is 0.497 e. The molecule has 1 saturated heterocycles. The first-order valence-corrected chi connectivity index (χ1v) is 8.19. The molecule has 0 spiro atoms. The van der Waals surface area contributed by atoms with Crippen LogP contribution in [-0.4, -0.2) is 52.0 Å². The van der Waals surface area contributed by atoms with Crippen LogP contribution in [0.5, 0.6) is 5.75 Å². The zero-order valence-electron chi connectivity index (χ0n) is 11.4. The molecule has 7 heteroatoms. The van der Waals surface area contributed by atoms with Gasteiger partial charge in [0.15, 0.2) is 9.84 Å². The van der Waals surface area contributed by atoms with Gasteiger partial charge in [0, 0.05) is 11.8 Å². The average molecular weight is 302 g/mol. The summed E-state index contributed by atoms with van der Waals surface area (Å²) in [5, 5.41) is 9.15. The Balaban J connectivity index is 2.35. The zero-order valence-corrected chi connectivity index (χ0v) is 12.2. The molecule has 2 atom stereocenters. The van der Waals surface area contributed by atoms with E-state index in [-0.39, 0.29) is 19.0 Å². The SMILES string of the molecule is COc1ccc([C@]2(CS(C)(=O)=O)OC[C@@H](CO)O2)cc1. The van der Waals surface area contributed by atoms with Gasteiger partial charge in [-0.3, -0.25) is 0 Å². The Labute approximate surface area is 118 Å². The van der Waals surface area contributed by atoms with Crippen LogP contribution in [-0.2, 0) is 25.1 Å². The normalized spacial score (nSPS) is 26.6. The molecule has 1 N–H and O–H groups in total. The predicted octanol–water partition coefficient (Wildman–Crippen LogP) is 0.300. The third kappa shape index (κ3) is 3.29.